The second kappa shape index (κ2) is 11.3. The predicted molar refractivity (Wildman–Crippen MR) is 192 cm³/mol. The minimum absolute atomic E-state index is 0.582. The second-order valence-corrected chi connectivity index (χ2v) is 11.8. The molecule has 4 heteroatoms. The molecule has 0 unspecified atom stereocenters. The van der Waals surface area contributed by atoms with Gasteiger partial charge in [0.2, 0.25) is 0 Å². The van der Waals surface area contributed by atoms with Gasteiger partial charge in [-0.2, -0.15) is 5.10 Å². The van der Waals surface area contributed by atoms with Crippen LogP contribution in [0.25, 0.3) is 77.7 Å². The van der Waals surface area contributed by atoms with Crippen molar-refractivity contribution >= 4 is 32.7 Å². The molecule has 0 saturated heterocycles. The number of fused-ring (bicyclic) bond motifs is 4. The number of furan rings is 1. The summed E-state index contributed by atoms with van der Waals surface area (Å²) >= 11 is 0. The Hall–Kier alpha value is -6.26. The van der Waals surface area contributed by atoms with Gasteiger partial charge in [-0.3, -0.25) is 0 Å². The fourth-order valence-electron chi connectivity index (χ4n) is 6.71. The van der Waals surface area contributed by atoms with Crippen molar-refractivity contribution in [3.05, 3.63) is 169 Å². The number of hydrogen-bond acceptors (Lipinski definition) is 3. The first-order chi connectivity index (χ1) is 23.3. The van der Waals surface area contributed by atoms with E-state index in [2.05, 4.69) is 127 Å². The highest BCUT2D eigenvalue weighted by atomic mass is 16.3. The number of para-hydroxylation sites is 1. The minimum atomic E-state index is 0.582. The molecule has 0 amide bonds. The molecule has 222 valence electrons. The normalized spacial score (nSPS) is 11.5. The molecule has 47 heavy (non-hydrogen) atoms. The Labute approximate surface area is 272 Å². The van der Waals surface area contributed by atoms with Gasteiger partial charge in [0.25, 0.3) is 0 Å². The zero-order valence-corrected chi connectivity index (χ0v) is 25.5. The summed E-state index contributed by atoms with van der Waals surface area (Å²) in [7, 11) is 0. The van der Waals surface area contributed by atoms with Crippen molar-refractivity contribution in [1.29, 1.82) is 0 Å². The summed E-state index contributed by atoms with van der Waals surface area (Å²) in [5, 5.41) is 9.77. The quantitative estimate of drug-likeness (QED) is 0.190. The van der Waals surface area contributed by atoms with Crippen LogP contribution in [0.5, 0.6) is 0 Å². The van der Waals surface area contributed by atoms with Gasteiger partial charge in [-0.25, -0.2) is 9.67 Å². The van der Waals surface area contributed by atoms with Gasteiger partial charge in [0.1, 0.15) is 11.2 Å². The first kappa shape index (κ1) is 27.1. The third-order valence-corrected chi connectivity index (χ3v) is 8.98. The number of aromatic nitrogens is 3. The Bertz CT molecular complexity index is 2530. The Morgan fingerprint density at radius 1 is 0.447 bits per heavy atom. The van der Waals surface area contributed by atoms with E-state index in [0.29, 0.717) is 12.4 Å². The average Bonchev–Trinajstić information content (AvgIpc) is 3.74. The lowest BCUT2D eigenvalue weighted by Crippen LogP contribution is -2.05. The molecule has 0 aliphatic rings. The molecule has 2 heterocycles. The maximum Gasteiger partial charge on any atom is 0.181 e. The van der Waals surface area contributed by atoms with E-state index in [9.17, 15) is 0 Å². The van der Waals surface area contributed by atoms with E-state index in [4.69, 9.17) is 14.5 Å². The SMILES string of the molecule is c1ccc(-c2ccc(-c3nc(-c4ccccc4)n(Cc4ccc(-c5cccc6oc7ccccc7c56)c5ccccc45)n3)cc2)cc1. The summed E-state index contributed by atoms with van der Waals surface area (Å²) < 4.78 is 8.28. The van der Waals surface area contributed by atoms with Crippen molar-refractivity contribution in [3.63, 3.8) is 0 Å². The van der Waals surface area contributed by atoms with Gasteiger partial charge in [-0.05, 0) is 50.7 Å². The van der Waals surface area contributed by atoms with Gasteiger partial charge in [-0.15, -0.1) is 0 Å². The molecule has 4 nitrogen and oxygen atoms in total. The molecule has 0 saturated carbocycles. The molecule has 2 aromatic heterocycles. The summed E-state index contributed by atoms with van der Waals surface area (Å²) in [6, 6.07) is 57.0. The summed E-state index contributed by atoms with van der Waals surface area (Å²) in [4.78, 5) is 5.09. The Morgan fingerprint density at radius 2 is 1.06 bits per heavy atom. The van der Waals surface area contributed by atoms with E-state index in [-0.39, 0.29) is 0 Å². The highest BCUT2D eigenvalue weighted by Crippen LogP contribution is 2.40. The molecular formula is C43H29N3O. The highest BCUT2D eigenvalue weighted by molar-refractivity contribution is 6.15. The second-order valence-electron chi connectivity index (χ2n) is 11.8. The number of nitrogens with zero attached hydrogens (tertiary/aromatic N) is 3. The number of benzene rings is 7. The smallest absolute Gasteiger partial charge is 0.181 e. The van der Waals surface area contributed by atoms with Gasteiger partial charge < -0.3 is 4.42 Å². The van der Waals surface area contributed by atoms with Crippen LogP contribution in [0.3, 0.4) is 0 Å². The van der Waals surface area contributed by atoms with Crippen molar-refractivity contribution in [2.45, 2.75) is 6.54 Å². The van der Waals surface area contributed by atoms with Gasteiger partial charge in [-0.1, -0.05) is 152 Å². The first-order valence-corrected chi connectivity index (χ1v) is 15.9. The predicted octanol–water partition coefficient (Wildman–Crippen LogP) is 11.0. The lowest BCUT2D eigenvalue weighted by atomic mass is 9.92. The molecule has 0 radical (unpaired) electrons. The standard InChI is InChI=1S/C43H29N3O/c1-3-12-29(13-4-1)30-22-24-31(25-23-30)42-44-43(32-14-5-2-6-15-32)46(45-42)28-33-26-27-36(35-17-8-7-16-34(33)35)37-19-11-21-40-41(37)38-18-9-10-20-39(38)47-40/h1-27H,28H2. The monoisotopic (exact) mass is 603 g/mol. The number of rotatable bonds is 6. The fraction of sp³-hybridized carbons (Fsp3) is 0.0233. The number of hydrogen-bond donors (Lipinski definition) is 0. The summed E-state index contributed by atoms with van der Waals surface area (Å²) in [5.74, 6) is 1.55. The molecular weight excluding hydrogens is 574 g/mol. The summed E-state index contributed by atoms with van der Waals surface area (Å²) in [6.07, 6.45) is 0. The van der Waals surface area contributed by atoms with Crippen molar-refractivity contribution in [3.8, 4) is 45.0 Å². The zero-order chi connectivity index (χ0) is 31.2. The molecule has 9 aromatic rings. The van der Waals surface area contributed by atoms with Crippen molar-refractivity contribution in [2.75, 3.05) is 0 Å². The van der Waals surface area contributed by atoms with E-state index >= 15 is 0 Å². The molecule has 0 aliphatic heterocycles. The molecule has 0 atom stereocenters. The van der Waals surface area contributed by atoms with E-state index in [1.807, 2.05) is 41.1 Å². The molecule has 0 aliphatic carbocycles. The summed E-state index contributed by atoms with van der Waals surface area (Å²) in [5.41, 5.74) is 9.72. The topological polar surface area (TPSA) is 43.9 Å². The minimum Gasteiger partial charge on any atom is -0.456 e. The van der Waals surface area contributed by atoms with Crippen molar-refractivity contribution in [2.24, 2.45) is 0 Å². The largest absolute Gasteiger partial charge is 0.456 e. The Kier molecular flexibility index (Phi) is 6.50. The van der Waals surface area contributed by atoms with Crippen LogP contribution in [0.2, 0.25) is 0 Å². The lowest BCUT2D eigenvalue weighted by molar-refractivity contribution is 0.669. The molecule has 7 aromatic carbocycles. The van der Waals surface area contributed by atoms with Gasteiger partial charge >= 0.3 is 0 Å². The molecule has 0 bridgehead atoms. The molecule has 0 N–H and O–H groups in total. The van der Waals surface area contributed by atoms with Crippen LogP contribution >= 0.6 is 0 Å². The molecule has 0 spiro atoms. The van der Waals surface area contributed by atoms with E-state index in [1.165, 1.54) is 38.6 Å². The van der Waals surface area contributed by atoms with Crippen LogP contribution in [0.1, 0.15) is 5.56 Å². The van der Waals surface area contributed by atoms with Gasteiger partial charge in [0.05, 0.1) is 6.54 Å². The van der Waals surface area contributed by atoms with E-state index in [0.717, 1.165) is 38.9 Å². The highest BCUT2D eigenvalue weighted by Gasteiger charge is 2.18. The first-order valence-electron chi connectivity index (χ1n) is 15.9. The van der Waals surface area contributed by atoms with Crippen LogP contribution < -0.4 is 0 Å². The van der Waals surface area contributed by atoms with Gasteiger partial charge in [0, 0.05) is 21.9 Å². The molecule has 0 fully saturated rings. The Balaban J connectivity index is 1.15. The van der Waals surface area contributed by atoms with E-state index < -0.39 is 0 Å². The molecule has 9 rings (SSSR count). The summed E-state index contributed by atoms with van der Waals surface area (Å²) in [6.45, 7) is 0.582. The van der Waals surface area contributed by atoms with Gasteiger partial charge in [0.15, 0.2) is 11.6 Å². The van der Waals surface area contributed by atoms with Crippen molar-refractivity contribution in [1.82, 2.24) is 14.8 Å². The third kappa shape index (κ3) is 4.79. The van der Waals surface area contributed by atoms with Crippen molar-refractivity contribution < 1.29 is 4.42 Å². The maximum atomic E-state index is 6.23. The van der Waals surface area contributed by atoms with Crippen LogP contribution in [0.4, 0.5) is 0 Å². The van der Waals surface area contributed by atoms with Crippen LogP contribution in [-0.2, 0) is 6.54 Å². The van der Waals surface area contributed by atoms with Crippen LogP contribution in [0, 0.1) is 0 Å². The maximum absolute atomic E-state index is 6.23. The lowest BCUT2D eigenvalue weighted by Gasteiger charge is -2.14. The third-order valence-electron chi connectivity index (χ3n) is 8.98. The van der Waals surface area contributed by atoms with Crippen LogP contribution in [0.15, 0.2) is 168 Å². The Morgan fingerprint density at radius 3 is 1.85 bits per heavy atom. The fourth-order valence-corrected chi connectivity index (χ4v) is 6.71. The van der Waals surface area contributed by atoms with E-state index in [1.54, 1.807) is 0 Å². The zero-order valence-electron chi connectivity index (χ0n) is 25.5. The van der Waals surface area contributed by atoms with Crippen LogP contribution in [-0.4, -0.2) is 14.8 Å². The average molecular weight is 604 g/mol.